The fourth-order valence-electron chi connectivity index (χ4n) is 9.56. The van der Waals surface area contributed by atoms with Crippen molar-refractivity contribution in [2.45, 2.75) is 18.8 Å². The quantitative estimate of drug-likeness (QED) is 0.0827. The number of phenolic OH excluding ortho intramolecular Hbond substituents is 1. The molecule has 14 nitrogen and oxygen atoms in total. The standard InChI is InChI=1S/C49H46N8O6/c1-54(2)32-14-6-28(7-15-32)50-52-30-10-18-34(19-11-30)56-46(59)38-24-23-37-39(44(38)48(56)61)27-41-45(43(37)40-26-36(63-5)22-25-42(40)58)49(62)57(47(41)60)35-20-12-31(13-21-35)53-51-29-8-16-33(17-9-29)55(3)4/h6-23,25-26,38-39,41,43-45,58H,24,27H2,1-5H3. The third-order valence-electron chi connectivity index (χ3n) is 12.7. The van der Waals surface area contributed by atoms with E-state index in [0.717, 1.165) is 16.9 Å². The highest BCUT2D eigenvalue weighted by Crippen LogP contribution is 2.59. The zero-order valence-electron chi connectivity index (χ0n) is 35.5. The third kappa shape index (κ3) is 7.40. The zero-order valence-corrected chi connectivity index (χ0v) is 35.5. The average molecular weight is 843 g/mol. The van der Waals surface area contributed by atoms with Crippen LogP contribution in [0.15, 0.2) is 147 Å². The minimum absolute atomic E-state index is 0.0636. The average Bonchev–Trinajstić information content (AvgIpc) is 3.70. The second-order valence-corrected chi connectivity index (χ2v) is 16.7. The minimum Gasteiger partial charge on any atom is -0.508 e. The van der Waals surface area contributed by atoms with Crippen molar-refractivity contribution in [1.82, 2.24) is 0 Å². The summed E-state index contributed by atoms with van der Waals surface area (Å²) in [4.78, 5) is 64.5. The molecule has 2 aliphatic carbocycles. The number of fused-ring (bicyclic) bond motifs is 4. The highest BCUT2D eigenvalue weighted by molar-refractivity contribution is 6.24. The molecule has 2 heterocycles. The van der Waals surface area contributed by atoms with Crippen LogP contribution in [0, 0.1) is 29.6 Å². The number of nitrogens with zero attached hydrogens (tertiary/aromatic N) is 8. The normalized spacial score (nSPS) is 23.0. The molecular weight excluding hydrogens is 797 g/mol. The van der Waals surface area contributed by atoms with Crippen molar-refractivity contribution in [1.29, 1.82) is 0 Å². The maximum absolute atomic E-state index is 14.7. The maximum atomic E-state index is 14.7. The summed E-state index contributed by atoms with van der Waals surface area (Å²) >= 11 is 0. The number of amides is 4. The number of allylic oxidation sites excluding steroid dienone is 2. The van der Waals surface area contributed by atoms with E-state index in [4.69, 9.17) is 4.74 Å². The van der Waals surface area contributed by atoms with Gasteiger partial charge in [-0.1, -0.05) is 11.6 Å². The van der Waals surface area contributed by atoms with Crippen LogP contribution >= 0.6 is 0 Å². The molecule has 2 aliphatic heterocycles. The third-order valence-corrected chi connectivity index (χ3v) is 12.7. The van der Waals surface area contributed by atoms with Crippen LogP contribution in [0.3, 0.4) is 0 Å². The highest BCUT2D eigenvalue weighted by Gasteiger charge is 2.62. The summed E-state index contributed by atoms with van der Waals surface area (Å²) in [5.74, 6) is -5.58. The van der Waals surface area contributed by atoms with Crippen molar-refractivity contribution in [2.75, 3.05) is 54.9 Å². The molecule has 1 N–H and O–H groups in total. The molecule has 9 rings (SSSR count). The van der Waals surface area contributed by atoms with Crippen molar-refractivity contribution in [3.05, 3.63) is 132 Å². The molecule has 5 aromatic carbocycles. The van der Waals surface area contributed by atoms with Crippen molar-refractivity contribution in [3.8, 4) is 11.5 Å². The van der Waals surface area contributed by atoms with Gasteiger partial charge in [-0.3, -0.25) is 29.0 Å². The van der Waals surface area contributed by atoms with Gasteiger partial charge in [0.2, 0.25) is 23.6 Å². The van der Waals surface area contributed by atoms with Crippen molar-refractivity contribution < 1.29 is 29.0 Å². The second-order valence-electron chi connectivity index (χ2n) is 16.7. The summed E-state index contributed by atoms with van der Waals surface area (Å²) in [6.45, 7) is 0. The Bertz CT molecular complexity index is 2690. The molecule has 3 fully saturated rings. The zero-order chi connectivity index (χ0) is 44.1. The van der Waals surface area contributed by atoms with Gasteiger partial charge in [-0.2, -0.15) is 20.5 Å². The van der Waals surface area contributed by atoms with E-state index in [1.54, 1.807) is 60.7 Å². The Morgan fingerprint density at radius 2 is 1.00 bits per heavy atom. The lowest BCUT2D eigenvalue weighted by Gasteiger charge is -2.44. The van der Waals surface area contributed by atoms with Crippen LogP contribution < -0.4 is 24.3 Å². The Kier molecular flexibility index (Phi) is 10.7. The van der Waals surface area contributed by atoms with Crippen LogP contribution in [0.4, 0.5) is 45.5 Å². The number of methoxy groups -OCH3 is 1. The summed E-state index contributed by atoms with van der Waals surface area (Å²) in [5, 5.41) is 28.8. The SMILES string of the molecule is COc1ccc(O)c(C2C3=CCC4C(=O)N(c5ccc(N=Nc6ccc(N(C)C)cc6)cc5)C(=O)C4C3CC3C(=O)N(c4ccc(N=Nc5ccc(N(C)C)cc5)cc4)C(=O)C32)c1. The number of benzene rings is 5. The van der Waals surface area contributed by atoms with Crippen LogP contribution in [0.25, 0.3) is 0 Å². The number of imide groups is 2. The molecule has 0 spiro atoms. The number of carbonyl (C=O) groups is 4. The van der Waals surface area contributed by atoms with Crippen LogP contribution in [0.2, 0.25) is 0 Å². The summed E-state index contributed by atoms with van der Waals surface area (Å²) < 4.78 is 5.55. The Hall–Kier alpha value is -7.48. The van der Waals surface area contributed by atoms with Crippen LogP contribution in [0.1, 0.15) is 24.3 Å². The first kappa shape index (κ1) is 40.9. The first-order valence-corrected chi connectivity index (χ1v) is 20.8. The Balaban J connectivity index is 0.997. The van der Waals surface area contributed by atoms with Crippen LogP contribution in [-0.2, 0) is 19.2 Å². The molecule has 318 valence electrons. The van der Waals surface area contributed by atoms with E-state index in [0.29, 0.717) is 45.4 Å². The molecule has 6 unspecified atom stereocenters. The van der Waals surface area contributed by atoms with Gasteiger partial charge in [0.15, 0.2) is 0 Å². The van der Waals surface area contributed by atoms with E-state index in [9.17, 15) is 24.3 Å². The Morgan fingerprint density at radius 1 is 0.556 bits per heavy atom. The number of hydrogen-bond donors (Lipinski definition) is 1. The largest absolute Gasteiger partial charge is 0.508 e. The molecule has 63 heavy (non-hydrogen) atoms. The number of carbonyl (C=O) groups excluding carboxylic acids is 4. The van der Waals surface area contributed by atoms with Gasteiger partial charge >= 0.3 is 0 Å². The number of anilines is 4. The summed E-state index contributed by atoms with van der Waals surface area (Å²) in [7, 11) is 9.36. The molecule has 0 aromatic heterocycles. The van der Waals surface area contributed by atoms with E-state index in [-0.39, 0.29) is 30.4 Å². The van der Waals surface area contributed by atoms with E-state index in [1.807, 2.05) is 92.6 Å². The topological polar surface area (TPSA) is 160 Å². The number of aromatic hydroxyl groups is 1. The van der Waals surface area contributed by atoms with Crippen molar-refractivity contribution >= 4 is 69.1 Å². The molecule has 14 heteroatoms. The number of hydrogen-bond acceptors (Lipinski definition) is 12. The van der Waals surface area contributed by atoms with Gasteiger partial charge in [0.05, 0.1) is 64.9 Å². The van der Waals surface area contributed by atoms with Crippen molar-refractivity contribution in [2.24, 2.45) is 50.0 Å². The van der Waals surface area contributed by atoms with Gasteiger partial charge in [-0.05, 0) is 134 Å². The lowest BCUT2D eigenvalue weighted by atomic mass is 9.57. The number of rotatable bonds is 10. The molecule has 2 saturated heterocycles. The van der Waals surface area contributed by atoms with Crippen molar-refractivity contribution in [3.63, 3.8) is 0 Å². The molecule has 0 bridgehead atoms. The number of ether oxygens (including phenoxy) is 1. The van der Waals surface area contributed by atoms with Gasteiger partial charge in [0.25, 0.3) is 0 Å². The molecule has 1 saturated carbocycles. The minimum atomic E-state index is -0.880. The van der Waals surface area contributed by atoms with Gasteiger partial charge in [-0.15, -0.1) is 0 Å². The summed E-state index contributed by atoms with van der Waals surface area (Å²) in [6.07, 6.45) is 2.39. The molecular formula is C49H46N8O6. The Morgan fingerprint density at radius 3 is 1.46 bits per heavy atom. The predicted molar refractivity (Wildman–Crippen MR) is 240 cm³/mol. The van der Waals surface area contributed by atoms with E-state index >= 15 is 0 Å². The molecule has 4 aliphatic rings. The van der Waals surface area contributed by atoms with Gasteiger partial charge in [0, 0.05) is 51.0 Å². The maximum Gasteiger partial charge on any atom is 0.238 e. The first-order chi connectivity index (χ1) is 30.4. The van der Waals surface area contributed by atoms with Gasteiger partial charge in [-0.25, -0.2) is 0 Å². The highest BCUT2D eigenvalue weighted by atomic mass is 16.5. The Labute approximate surface area is 364 Å². The summed E-state index contributed by atoms with van der Waals surface area (Å²) in [6, 6.07) is 33.6. The van der Waals surface area contributed by atoms with Crippen LogP contribution in [-0.4, -0.2) is 64.0 Å². The molecule has 5 aromatic rings. The first-order valence-electron chi connectivity index (χ1n) is 20.8. The molecule has 4 amide bonds. The number of phenols is 1. The predicted octanol–water partition coefficient (Wildman–Crippen LogP) is 9.41. The van der Waals surface area contributed by atoms with Gasteiger partial charge < -0.3 is 19.6 Å². The monoisotopic (exact) mass is 842 g/mol. The number of azo groups is 2. The van der Waals surface area contributed by atoms with Crippen LogP contribution in [0.5, 0.6) is 11.5 Å². The summed E-state index contributed by atoms with van der Waals surface area (Å²) in [5.41, 5.74) is 6.48. The second kappa shape index (κ2) is 16.4. The lowest BCUT2D eigenvalue weighted by Crippen LogP contribution is -2.43. The van der Waals surface area contributed by atoms with Gasteiger partial charge in [0.1, 0.15) is 11.5 Å². The fraction of sp³-hybridized carbons (Fsp3) is 0.265. The molecule has 0 radical (unpaired) electrons. The lowest BCUT2D eigenvalue weighted by molar-refractivity contribution is -0.126. The van der Waals surface area contributed by atoms with E-state index < -0.39 is 47.3 Å². The van der Waals surface area contributed by atoms with E-state index in [1.165, 1.54) is 23.0 Å². The smallest absolute Gasteiger partial charge is 0.238 e. The molecule has 6 atom stereocenters. The van der Waals surface area contributed by atoms with E-state index in [2.05, 4.69) is 20.5 Å². The fourth-order valence-corrected chi connectivity index (χ4v) is 9.56.